The molecule has 3 heterocycles. The lowest BCUT2D eigenvalue weighted by Crippen LogP contribution is -3.10. The molecule has 6 nitrogen and oxygen atoms in total. The van der Waals surface area contributed by atoms with E-state index in [1.165, 1.54) is 4.90 Å². The fourth-order valence-corrected chi connectivity index (χ4v) is 4.01. The Morgan fingerprint density at radius 2 is 1.13 bits per heavy atom. The first-order chi connectivity index (χ1) is 14.7. The van der Waals surface area contributed by atoms with Crippen LogP contribution >= 0.6 is 0 Å². The number of carbonyl (C=O) groups is 1. The molecule has 0 radical (unpaired) electrons. The van der Waals surface area contributed by atoms with Gasteiger partial charge in [-0.25, -0.2) is 0 Å². The maximum absolute atomic E-state index is 13.2. The van der Waals surface area contributed by atoms with Gasteiger partial charge in [-0.3, -0.25) is 4.79 Å². The number of benzene rings is 2. The highest BCUT2D eigenvalue weighted by molar-refractivity contribution is 6.14. The Balaban J connectivity index is 1.43. The Labute approximate surface area is 175 Å². The van der Waals surface area contributed by atoms with Crippen molar-refractivity contribution in [1.29, 1.82) is 0 Å². The molecule has 0 aromatic heterocycles. The summed E-state index contributed by atoms with van der Waals surface area (Å²) < 4.78 is 22.5. The summed E-state index contributed by atoms with van der Waals surface area (Å²) in [5.41, 5.74) is 3.46. The van der Waals surface area contributed by atoms with Crippen LogP contribution in [-0.4, -0.2) is 52.3 Å². The number of hydrogen-bond acceptors (Lipinski definition) is 5. The Kier molecular flexibility index (Phi) is 4.93. The number of likely N-dealkylation sites (N-methyl/N-ethyl adjacent to an activating group) is 1. The summed E-state index contributed by atoms with van der Waals surface area (Å²) in [5.74, 6) is 3.05. The van der Waals surface area contributed by atoms with Crippen LogP contribution < -0.4 is 23.8 Å². The van der Waals surface area contributed by atoms with E-state index in [1.807, 2.05) is 48.6 Å². The van der Waals surface area contributed by atoms with Gasteiger partial charge in [0.05, 0.1) is 18.2 Å². The van der Waals surface area contributed by atoms with E-state index in [0.29, 0.717) is 39.5 Å². The number of fused-ring (bicyclic) bond motifs is 2. The maximum atomic E-state index is 13.2. The molecule has 2 aromatic carbocycles. The molecule has 3 aliphatic rings. The molecule has 6 heteroatoms. The van der Waals surface area contributed by atoms with Crippen LogP contribution in [0.1, 0.15) is 11.1 Å². The van der Waals surface area contributed by atoms with Crippen LogP contribution in [0.5, 0.6) is 23.0 Å². The van der Waals surface area contributed by atoms with Gasteiger partial charge in [0.15, 0.2) is 28.8 Å². The second-order valence-corrected chi connectivity index (χ2v) is 7.79. The third kappa shape index (κ3) is 3.78. The van der Waals surface area contributed by atoms with Crippen LogP contribution in [0, 0.1) is 0 Å². The van der Waals surface area contributed by atoms with Crippen LogP contribution in [0.15, 0.2) is 47.5 Å². The monoisotopic (exact) mass is 406 g/mol. The zero-order valence-corrected chi connectivity index (χ0v) is 16.9. The highest BCUT2D eigenvalue weighted by atomic mass is 16.6. The Bertz CT molecular complexity index is 974. The number of ether oxygens (including phenoxy) is 4. The lowest BCUT2D eigenvalue weighted by molar-refractivity contribution is -0.870. The van der Waals surface area contributed by atoms with Crippen molar-refractivity contribution in [2.45, 2.75) is 0 Å². The van der Waals surface area contributed by atoms with Crippen LogP contribution in [-0.2, 0) is 4.79 Å². The second-order valence-electron chi connectivity index (χ2n) is 7.79. The number of rotatable bonds is 2. The SMILES string of the molecule is C[NH+]1C/C(=C/c2ccc3c(c2)OCCO3)C(=O)/C(=C/c2ccc3c(c2)OCCO3)C1. The molecule has 0 bridgehead atoms. The average molecular weight is 406 g/mol. The van der Waals surface area contributed by atoms with Gasteiger partial charge in [-0.05, 0) is 47.5 Å². The molecule has 0 spiro atoms. The molecule has 1 N–H and O–H groups in total. The highest BCUT2D eigenvalue weighted by Gasteiger charge is 2.27. The fourth-order valence-electron chi connectivity index (χ4n) is 4.01. The number of quaternary nitrogens is 1. The summed E-state index contributed by atoms with van der Waals surface area (Å²) in [6.07, 6.45) is 3.92. The molecule has 1 fully saturated rings. The normalized spacial score (nSPS) is 23.0. The van der Waals surface area contributed by atoms with Crippen molar-refractivity contribution in [2.75, 3.05) is 46.6 Å². The van der Waals surface area contributed by atoms with Crippen LogP contribution in [0.2, 0.25) is 0 Å². The van der Waals surface area contributed by atoms with Crippen molar-refractivity contribution in [1.82, 2.24) is 0 Å². The first kappa shape index (κ1) is 18.8. The first-order valence-electron chi connectivity index (χ1n) is 10.2. The largest absolute Gasteiger partial charge is 0.486 e. The molecule has 30 heavy (non-hydrogen) atoms. The van der Waals surface area contributed by atoms with Gasteiger partial charge in [0.25, 0.3) is 0 Å². The second kappa shape index (κ2) is 7.88. The third-order valence-corrected chi connectivity index (χ3v) is 5.38. The molecular weight excluding hydrogens is 382 g/mol. The zero-order valence-electron chi connectivity index (χ0n) is 16.9. The van der Waals surface area contributed by atoms with E-state index in [1.54, 1.807) is 0 Å². The Hall–Kier alpha value is -3.25. The number of piperidine rings is 1. The van der Waals surface area contributed by atoms with Crippen molar-refractivity contribution in [3.05, 3.63) is 58.7 Å². The van der Waals surface area contributed by atoms with E-state index >= 15 is 0 Å². The van der Waals surface area contributed by atoms with Crippen molar-refractivity contribution < 1.29 is 28.6 Å². The summed E-state index contributed by atoms with van der Waals surface area (Å²) in [6.45, 7) is 3.59. The molecule has 1 atom stereocenters. The predicted molar refractivity (Wildman–Crippen MR) is 112 cm³/mol. The van der Waals surface area contributed by atoms with Crippen LogP contribution in [0.25, 0.3) is 12.2 Å². The lowest BCUT2D eigenvalue weighted by atomic mass is 9.94. The van der Waals surface area contributed by atoms with Gasteiger partial charge in [-0.2, -0.15) is 0 Å². The average Bonchev–Trinajstić information content (AvgIpc) is 2.77. The quantitative estimate of drug-likeness (QED) is 0.771. The van der Waals surface area contributed by atoms with E-state index in [9.17, 15) is 4.79 Å². The fraction of sp³-hybridized carbons (Fsp3) is 0.292. The molecule has 0 amide bonds. The Morgan fingerprint density at radius 1 is 0.700 bits per heavy atom. The summed E-state index contributed by atoms with van der Waals surface area (Å²) in [7, 11) is 2.10. The van der Waals surface area contributed by atoms with Crippen molar-refractivity contribution in [2.24, 2.45) is 0 Å². The van der Waals surface area contributed by atoms with Crippen molar-refractivity contribution in [3.63, 3.8) is 0 Å². The van der Waals surface area contributed by atoms with E-state index in [4.69, 9.17) is 18.9 Å². The van der Waals surface area contributed by atoms with Crippen molar-refractivity contribution in [3.8, 4) is 23.0 Å². The van der Waals surface area contributed by atoms with E-state index in [-0.39, 0.29) is 5.78 Å². The van der Waals surface area contributed by atoms with E-state index in [2.05, 4.69) is 7.05 Å². The summed E-state index contributed by atoms with van der Waals surface area (Å²) >= 11 is 0. The Morgan fingerprint density at radius 3 is 1.60 bits per heavy atom. The number of ketones is 1. The van der Waals surface area contributed by atoms with Gasteiger partial charge in [-0.15, -0.1) is 0 Å². The van der Waals surface area contributed by atoms with E-state index < -0.39 is 0 Å². The summed E-state index contributed by atoms with van der Waals surface area (Å²) in [5, 5.41) is 0. The van der Waals surface area contributed by atoms with Gasteiger partial charge < -0.3 is 23.8 Å². The molecule has 5 rings (SSSR count). The first-order valence-corrected chi connectivity index (χ1v) is 10.2. The molecule has 1 saturated heterocycles. The van der Waals surface area contributed by atoms with Crippen LogP contribution in [0.3, 0.4) is 0 Å². The topological polar surface area (TPSA) is 58.4 Å². The minimum absolute atomic E-state index is 0.0883. The molecule has 3 aliphatic heterocycles. The summed E-state index contributed by atoms with van der Waals surface area (Å²) in [4.78, 5) is 14.5. The third-order valence-electron chi connectivity index (χ3n) is 5.38. The molecule has 0 saturated carbocycles. The van der Waals surface area contributed by atoms with Gasteiger partial charge in [0, 0.05) is 0 Å². The van der Waals surface area contributed by atoms with Crippen molar-refractivity contribution >= 4 is 17.9 Å². The standard InChI is InChI=1S/C24H23NO5/c1-25-14-18(10-16-2-4-20-22(12-16)29-8-6-27-20)24(26)19(15-25)11-17-3-5-21-23(13-17)30-9-7-28-21/h2-5,10-13H,6-9,14-15H2,1H3/p+1/b18-10-,19-11+. The maximum Gasteiger partial charge on any atom is 0.196 e. The molecule has 1 unspecified atom stereocenters. The number of likely N-dealkylation sites (tertiary alicyclic amines) is 1. The predicted octanol–water partition coefficient (Wildman–Crippen LogP) is 1.79. The number of Topliss-reactive ketones (excluding diaryl/α,β-unsaturated/α-hetero) is 1. The number of hydrogen-bond donors (Lipinski definition) is 1. The minimum Gasteiger partial charge on any atom is -0.486 e. The zero-order chi connectivity index (χ0) is 20.5. The van der Waals surface area contributed by atoms with Gasteiger partial charge >= 0.3 is 0 Å². The highest BCUT2D eigenvalue weighted by Crippen LogP contribution is 2.33. The van der Waals surface area contributed by atoms with E-state index in [0.717, 1.165) is 45.3 Å². The molecule has 0 aliphatic carbocycles. The number of carbonyl (C=O) groups excluding carboxylic acids is 1. The minimum atomic E-state index is 0.0883. The van der Waals surface area contributed by atoms with Gasteiger partial charge in [0.2, 0.25) is 0 Å². The molecular formula is C24H24NO5+. The summed E-state index contributed by atoms with van der Waals surface area (Å²) in [6, 6.07) is 11.6. The van der Waals surface area contributed by atoms with Gasteiger partial charge in [-0.1, -0.05) is 12.1 Å². The molecule has 154 valence electrons. The lowest BCUT2D eigenvalue weighted by Gasteiger charge is -2.24. The molecule has 2 aromatic rings. The number of nitrogens with one attached hydrogen (secondary N) is 1. The smallest absolute Gasteiger partial charge is 0.196 e. The van der Waals surface area contributed by atoms with Gasteiger partial charge in [0.1, 0.15) is 39.5 Å². The van der Waals surface area contributed by atoms with Crippen LogP contribution in [0.4, 0.5) is 0 Å².